The molecule has 1 fully saturated rings. The number of nitrogens with two attached hydrogens (primary N) is 1. The number of hydrogen-bond acceptors (Lipinski definition) is 6. The Morgan fingerprint density at radius 2 is 2.33 bits per heavy atom. The SMILES string of the molecule is NC(=O)O[C@H]1CCN(c2cnc(Cl)cn2)C[C@@H]1O. The van der Waals surface area contributed by atoms with Gasteiger partial charge in [-0.2, -0.15) is 0 Å². The molecule has 2 heterocycles. The maximum atomic E-state index is 10.6. The number of rotatable bonds is 2. The molecule has 1 saturated heterocycles. The van der Waals surface area contributed by atoms with Crippen LogP contribution in [-0.2, 0) is 4.74 Å². The van der Waals surface area contributed by atoms with E-state index in [4.69, 9.17) is 22.1 Å². The number of carbonyl (C=O) groups excluding carboxylic acids is 1. The second-order valence-corrected chi connectivity index (χ2v) is 4.36. The highest BCUT2D eigenvalue weighted by molar-refractivity contribution is 6.29. The summed E-state index contributed by atoms with van der Waals surface area (Å²) in [4.78, 5) is 20.5. The Hall–Kier alpha value is -1.60. The molecule has 0 spiro atoms. The first-order valence-corrected chi connectivity index (χ1v) is 5.80. The van der Waals surface area contributed by atoms with Crippen LogP contribution in [0, 0.1) is 0 Å². The molecule has 0 aromatic carbocycles. The highest BCUT2D eigenvalue weighted by Gasteiger charge is 2.30. The molecule has 18 heavy (non-hydrogen) atoms. The predicted octanol–water partition coefficient (Wildman–Crippen LogP) is 0.165. The van der Waals surface area contributed by atoms with Crippen LogP contribution in [0.5, 0.6) is 0 Å². The van der Waals surface area contributed by atoms with Gasteiger partial charge in [0, 0.05) is 19.5 Å². The van der Waals surface area contributed by atoms with E-state index in [1.54, 1.807) is 0 Å². The Labute approximate surface area is 109 Å². The van der Waals surface area contributed by atoms with E-state index in [-0.39, 0.29) is 0 Å². The molecule has 3 N–H and O–H groups in total. The van der Waals surface area contributed by atoms with Crippen molar-refractivity contribution < 1.29 is 14.6 Å². The molecule has 0 saturated carbocycles. The molecule has 8 heteroatoms. The maximum Gasteiger partial charge on any atom is 0.404 e. The normalized spacial score (nSPS) is 23.8. The number of aliphatic hydroxyl groups is 1. The number of anilines is 1. The van der Waals surface area contributed by atoms with Crippen molar-refractivity contribution in [1.82, 2.24) is 9.97 Å². The summed E-state index contributed by atoms with van der Waals surface area (Å²) in [6.45, 7) is 0.888. The molecule has 2 atom stereocenters. The van der Waals surface area contributed by atoms with Crippen molar-refractivity contribution in [1.29, 1.82) is 0 Å². The zero-order valence-electron chi connectivity index (χ0n) is 9.49. The highest BCUT2D eigenvalue weighted by atomic mass is 35.5. The molecule has 0 unspecified atom stereocenters. The monoisotopic (exact) mass is 272 g/mol. The van der Waals surface area contributed by atoms with E-state index < -0.39 is 18.3 Å². The van der Waals surface area contributed by atoms with Gasteiger partial charge >= 0.3 is 6.09 Å². The van der Waals surface area contributed by atoms with Gasteiger partial charge in [0.25, 0.3) is 0 Å². The molecule has 2 rings (SSSR count). The van der Waals surface area contributed by atoms with Gasteiger partial charge < -0.3 is 20.5 Å². The number of halogens is 1. The summed E-state index contributed by atoms with van der Waals surface area (Å²) >= 11 is 5.65. The largest absolute Gasteiger partial charge is 0.443 e. The van der Waals surface area contributed by atoms with Crippen molar-refractivity contribution in [2.45, 2.75) is 18.6 Å². The fourth-order valence-electron chi connectivity index (χ4n) is 1.87. The van der Waals surface area contributed by atoms with Crippen molar-refractivity contribution in [2.75, 3.05) is 18.0 Å². The van der Waals surface area contributed by atoms with Gasteiger partial charge in [-0.1, -0.05) is 11.6 Å². The Kier molecular flexibility index (Phi) is 3.83. The Morgan fingerprint density at radius 3 is 2.89 bits per heavy atom. The average molecular weight is 273 g/mol. The van der Waals surface area contributed by atoms with Crippen molar-refractivity contribution in [3.05, 3.63) is 17.5 Å². The van der Waals surface area contributed by atoms with Crippen molar-refractivity contribution in [3.8, 4) is 0 Å². The zero-order chi connectivity index (χ0) is 13.1. The summed E-state index contributed by atoms with van der Waals surface area (Å²) in [7, 11) is 0. The Balaban J connectivity index is 1.99. The second-order valence-electron chi connectivity index (χ2n) is 3.97. The predicted molar refractivity (Wildman–Crippen MR) is 64.3 cm³/mol. The summed E-state index contributed by atoms with van der Waals surface area (Å²) in [5.41, 5.74) is 4.93. The Morgan fingerprint density at radius 1 is 1.56 bits per heavy atom. The number of aromatic nitrogens is 2. The average Bonchev–Trinajstić information content (AvgIpc) is 2.32. The third kappa shape index (κ3) is 2.99. The van der Waals surface area contributed by atoms with Crippen molar-refractivity contribution >= 4 is 23.5 Å². The minimum absolute atomic E-state index is 0.300. The van der Waals surface area contributed by atoms with Crippen molar-refractivity contribution in [2.24, 2.45) is 5.73 Å². The molecule has 98 valence electrons. The van der Waals surface area contributed by atoms with Gasteiger partial charge in [0.15, 0.2) is 0 Å². The van der Waals surface area contributed by atoms with Gasteiger partial charge in [0.2, 0.25) is 0 Å². The lowest BCUT2D eigenvalue weighted by Crippen LogP contribution is -2.49. The number of ether oxygens (including phenoxy) is 1. The van der Waals surface area contributed by atoms with Crippen LogP contribution in [-0.4, -0.2) is 46.5 Å². The lowest BCUT2D eigenvalue weighted by Gasteiger charge is -2.35. The lowest BCUT2D eigenvalue weighted by atomic mass is 10.1. The van der Waals surface area contributed by atoms with Crippen LogP contribution in [0.2, 0.25) is 5.15 Å². The lowest BCUT2D eigenvalue weighted by molar-refractivity contribution is -0.00381. The molecule has 0 aliphatic carbocycles. The molecule has 1 aromatic rings. The van der Waals surface area contributed by atoms with Gasteiger partial charge in [-0.05, 0) is 0 Å². The molecular formula is C10H13ClN4O3. The van der Waals surface area contributed by atoms with E-state index in [2.05, 4.69) is 9.97 Å². The minimum Gasteiger partial charge on any atom is -0.443 e. The minimum atomic E-state index is -0.876. The first-order chi connectivity index (χ1) is 8.56. The fraction of sp³-hybridized carbons (Fsp3) is 0.500. The number of primary amides is 1. The van der Waals surface area contributed by atoms with E-state index in [0.29, 0.717) is 30.5 Å². The van der Waals surface area contributed by atoms with Gasteiger partial charge in [-0.3, -0.25) is 0 Å². The smallest absolute Gasteiger partial charge is 0.404 e. The van der Waals surface area contributed by atoms with Crippen LogP contribution in [0.3, 0.4) is 0 Å². The first-order valence-electron chi connectivity index (χ1n) is 5.43. The van der Waals surface area contributed by atoms with Crippen LogP contribution in [0.1, 0.15) is 6.42 Å². The standard InChI is InChI=1S/C10H13ClN4O3/c11-8-3-14-9(4-13-8)15-2-1-7(6(16)5-15)18-10(12)17/h3-4,6-7,16H,1-2,5H2,(H2,12,17)/t6-,7-/m0/s1. The van der Waals surface area contributed by atoms with Crippen LogP contribution in [0.4, 0.5) is 10.6 Å². The Bertz CT molecular complexity index is 428. The quantitative estimate of drug-likeness (QED) is 0.795. The molecule has 7 nitrogen and oxygen atoms in total. The molecular weight excluding hydrogens is 260 g/mol. The van der Waals surface area contributed by atoms with Gasteiger partial charge in [0.1, 0.15) is 23.2 Å². The number of aliphatic hydroxyl groups excluding tert-OH is 1. The molecule has 0 radical (unpaired) electrons. The number of carbonyl (C=O) groups is 1. The van der Waals surface area contributed by atoms with Gasteiger partial charge in [0.05, 0.1) is 12.4 Å². The molecule has 1 aromatic heterocycles. The summed E-state index contributed by atoms with van der Waals surface area (Å²) in [6, 6.07) is 0. The molecule has 1 amide bonds. The van der Waals surface area contributed by atoms with Crippen molar-refractivity contribution in [3.63, 3.8) is 0 Å². The van der Waals surface area contributed by atoms with Crippen LogP contribution in [0.25, 0.3) is 0 Å². The van der Waals surface area contributed by atoms with Gasteiger partial charge in [-0.15, -0.1) is 0 Å². The number of nitrogens with zero attached hydrogens (tertiary/aromatic N) is 3. The summed E-state index contributed by atoms with van der Waals surface area (Å²) in [6.07, 6.45) is 1.20. The first kappa shape index (κ1) is 12.8. The number of amides is 1. The molecule has 1 aliphatic rings. The van der Waals surface area contributed by atoms with E-state index >= 15 is 0 Å². The van der Waals surface area contributed by atoms with Crippen LogP contribution >= 0.6 is 11.6 Å². The number of β-amino-alcohol motifs (C(OH)–C–C–N with tert-alkyl or cyclic N) is 1. The fourth-order valence-corrected chi connectivity index (χ4v) is 1.97. The van der Waals surface area contributed by atoms with E-state index in [1.165, 1.54) is 12.4 Å². The zero-order valence-corrected chi connectivity index (χ0v) is 10.2. The number of hydrogen-bond donors (Lipinski definition) is 2. The molecule has 0 bridgehead atoms. The van der Waals surface area contributed by atoms with E-state index in [1.807, 2.05) is 4.90 Å². The topological polar surface area (TPSA) is 102 Å². The third-order valence-corrected chi connectivity index (χ3v) is 2.91. The number of piperidine rings is 1. The summed E-state index contributed by atoms with van der Waals surface area (Å²) in [5, 5.41) is 10.2. The highest BCUT2D eigenvalue weighted by Crippen LogP contribution is 2.20. The summed E-state index contributed by atoms with van der Waals surface area (Å²) in [5.74, 6) is 0.621. The van der Waals surface area contributed by atoms with Gasteiger partial charge in [-0.25, -0.2) is 14.8 Å². The van der Waals surface area contributed by atoms with Crippen LogP contribution < -0.4 is 10.6 Å². The summed E-state index contributed by atoms with van der Waals surface area (Å²) < 4.78 is 4.81. The molecule has 1 aliphatic heterocycles. The maximum absolute atomic E-state index is 10.6. The van der Waals surface area contributed by atoms with Crippen LogP contribution in [0.15, 0.2) is 12.4 Å². The van der Waals surface area contributed by atoms with E-state index in [0.717, 1.165) is 0 Å². The second kappa shape index (κ2) is 5.36. The third-order valence-electron chi connectivity index (χ3n) is 2.72. The van der Waals surface area contributed by atoms with E-state index in [9.17, 15) is 9.90 Å².